The third-order valence-electron chi connectivity index (χ3n) is 4.73. The first-order valence-corrected chi connectivity index (χ1v) is 10.8. The van der Waals surface area contributed by atoms with Crippen LogP contribution in [-0.2, 0) is 16.2 Å². The van der Waals surface area contributed by atoms with Gasteiger partial charge < -0.3 is 9.42 Å². The summed E-state index contributed by atoms with van der Waals surface area (Å²) >= 11 is 0. The first kappa shape index (κ1) is 21.9. The topological polar surface area (TPSA) is 29.5 Å². The van der Waals surface area contributed by atoms with E-state index in [0.717, 1.165) is 22.2 Å². The Morgan fingerprint density at radius 2 is 1.15 bits per heavy atom. The average molecular weight is 387 g/mol. The summed E-state index contributed by atoms with van der Waals surface area (Å²) in [7, 11) is -1.72. The maximum atomic E-state index is 10.8. The summed E-state index contributed by atoms with van der Waals surface area (Å²) in [6.07, 6.45) is 0. The molecule has 0 aliphatic heterocycles. The lowest BCUT2D eigenvalue weighted by Gasteiger charge is -2.33. The predicted octanol–water partition coefficient (Wildman–Crippen LogP) is 6.59. The molecule has 1 unspecified atom stereocenters. The molecule has 0 fully saturated rings. The minimum Gasteiger partial charge on any atom is -0.443 e. The van der Waals surface area contributed by atoms with E-state index in [4.69, 9.17) is 4.52 Å². The van der Waals surface area contributed by atoms with E-state index in [-0.39, 0.29) is 16.2 Å². The second kappa shape index (κ2) is 7.57. The highest BCUT2D eigenvalue weighted by atomic mass is 31.2. The van der Waals surface area contributed by atoms with Crippen molar-refractivity contribution in [3.63, 3.8) is 0 Å². The summed E-state index contributed by atoms with van der Waals surface area (Å²) in [6.45, 7) is 19.9. The lowest BCUT2D eigenvalue weighted by atomic mass is 9.75. The van der Waals surface area contributed by atoms with E-state index >= 15 is 0 Å². The van der Waals surface area contributed by atoms with E-state index in [9.17, 15) is 4.89 Å². The van der Waals surface area contributed by atoms with E-state index in [1.165, 1.54) is 5.56 Å². The first-order valence-electron chi connectivity index (χ1n) is 9.63. The van der Waals surface area contributed by atoms with Crippen molar-refractivity contribution in [2.75, 3.05) is 0 Å². The molecule has 27 heavy (non-hydrogen) atoms. The molecule has 0 aliphatic carbocycles. The molecule has 3 heteroatoms. The van der Waals surface area contributed by atoms with Gasteiger partial charge in [-0.3, -0.25) is 0 Å². The van der Waals surface area contributed by atoms with E-state index < -0.39 is 8.38 Å². The summed E-state index contributed by atoms with van der Waals surface area (Å²) in [5.74, 6) is 0.834. The Bertz CT molecular complexity index is 740. The zero-order chi connectivity index (χ0) is 20.6. The molecule has 0 saturated heterocycles. The van der Waals surface area contributed by atoms with Crippen LogP contribution in [0.15, 0.2) is 42.5 Å². The fourth-order valence-corrected chi connectivity index (χ4v) is 3.87. The Balaban J connectivity index is 2.69. The molecule has 2 nitrogen and oxygen atoms in total. The molecule has 0 radical (unpaired) electrons. The van der Waals surface area contributed by atoms with Crippen LogP contribution in [-0.4, -0.2) is 4.89 Å². The van der Waals surface area contributed by atoms with Gasteiger partial charge in [0.1, 0.15) is 5.75 Å². The SMILES string of the molecule is CC(C)(C)c1cc(C(C)(C)C)c(OP(O)c2ccccc2)c(C(C)(C)C)c1. The van der Waals surface area contributed by atoms with E-state index in [2.05, 4.69) is 74.4 Å². The Morgan fingerprint density at radius 3 is 1.52 bits per heavy atom. The van der Waals surface area contributed by atoms with E-state index in [1.54, 1.807) is 0 Å². The van der Waals surface area contributed by atoms with Gasteiger partial charge in [0.05, 0.1) is 0 Å². The molecular formula is C24H35O2P. The average Bonchev–Trinajstić information content (AvgIpc) is 2.52. The van der Waals surface area contributed by atoms with Gasteiger partial charge in [0.25, 0.3) is 8.38 Å². The monoisotopic (exact) mass is 386 g/mol. The fraction of sp³-hybridized carbons (Fsp3) is 0.500. The maximum absolute atomic E-state index is 10.8. The van der Waals surface area contributed by atoms with Crippen molar-refractivity contribution in [2.24, 2.45) is 0 Å². The van der Waals surface area contributed by atoms with Crippen LogP contribution in [0, 0.1) is 0 Å². The van der Waals surface area contributed by atoms with Gasteiger partial charge in [-0.1, -0.05) is 92.6 Å². The second-order valence-corrected chi connectivity index (χ2v) is 11.6. The van der Waals surface area contributed by atoms with Gasteiger partial charge in [-0.2, -0.15) is 0 Å². The summed E-state index contributed by atoms with van der Waals surface area (Å²) in [5, 5.41) is 0.826. The first-order chi connectivity index (χ1) is 12.2. The number of benzene rings is 2. The molecule has 0 bridgehead atoms. The zero-order valence-corrected chi connectivity index (χ0v) is 19.2. The Morgan fingerprint density at radius 1 is 0.704 bits per heavy atom. The summed E-state index contributed by atoms with van der Waals surface area (Å²) in [4.78, 5) is 10.8. The quantitative estimate of drug-likeness (QED) is 0.603. The van der Waals surface area contributed by atoms with Crippen LogP contribution in [0.3, 0.4) is 0 Å². The highest BCUT2D eigenvalue weighted by molar-refractivity contribution is 7.55. The minimum absolute atomic E-state index is 0.0436. The van der Waals surface area contributed by atoms with Crippen molar-refractivity contribution in [1.29, 1.82) is 0 Å². The van der Waals surface area contributed by atoms with Crippen molar-refractivity contribution in [2.45, 2.75) is 78.6 Å². The van der Waals surface area contributed by atoms with Crippen LogP contribution in [0.4, 0.5) is 0 Å². The third kappa shape index (κ3) is 5.33. The Kier molecular flexibility index (Phi) is 6.15. The molecule has 1 atom stereocenters. The Labute approximate surface area is 166 Å². The standard InChI is InChI=1S/C24H35O2P/c1-22(2,3)17-15-19(23(4,5)6)21(20(16-17)24(7,8)9)26-27(25)18-13-11-10-12-14-18/h10-16,25H,1-9H3. The van der Waals surface area contributed by atoms with Crippen LogP contribution >= 0.6 is 8.38 Å². The number of hydrogen-bond donors (Lipinski definition) is 1. The molecular weight excluding hydrogens is 351 g/mol. The molecule has 0 heterocycles. The number of rotatable bonds is 3. The molecule has 2 aromatic carbocycles. The molecule has 0 saturated carbocycles. The molecule has 0 aliphatic rings. The summed E-state index contributed by atoms with van der Waals surface area (Å²) in [6, 6.07) is 14.2. The molecule has 2 rings (SSSR count). The van der Waals surface area contributed by atoms with Gasteiger partial charge in [-0.05, 0) is 33.9 Å². The van der Waals surface area contributed by atoms with Crippen molar-refractivity contribution >= 4 is 13.7 Å². The molecule has 0 spiro atoms. The highest BCUT2D eigenvalue weighted by Crippen LogP contribution is 2.47. The normalized spacial score (nSPS) is 14.1. The van der Waals surface area contributed by atoms with Gasteiger partial charge in [-0.15, -0.1) is 0 Å². The molecule has 148 valence electrons. The fourth-order valence-electron chi connectivity index (χ4n) is 2.97. The van der Waals surface area contributed by atoms with Gasteiger partial charge >= 0.3 is 0 Å². The van der Waals surface area contributed by atoms with Crippen LogP contribution in [0.5, 0.6) is 5.75 Å². The summed E-state index contributed by atoms with van der Waals surface area (Å²) in [5.41, 5.74) is 3.45. The molecule has 0 aromatic heterocycles. The minimum atomic E-state index is -1.72. The van der Waals surface area contributed by atoms with Crippen LogP contribution < -0.4 is 9.83 Å². The highest BCUT2D eigenvalue weighted by Gasteiger charge is 2.31. The van der Waals surface area contributed by atoms with Crippen LogP contribution in [0.2, 0.25) is 0 Å². The molecule has 2 aromatic rings. The lowest BCUT2D eigenvalue weighted by Crippen LogP contribution is -2.23. The van der Waals surface area contributed by atoms with E-state index in [1.807, 2.05) is 30.3 Å². The van der Waals surface area contributed by atoms with Crippen LogP contribution in [0.1, 0.15) is 79.0 Å². The number of hydrogen-bond acceptors (Lipinski definition) is 2. The Hall–Kier alpha value is -1.37. The summed E-state index contributed by atoms with van der Waals surface area (Å²) < 4.78 is 6.30. The van der Waals surface area contributed by atoms with Crippen molar-refractivity contribution in [3.8, 4) is 5.75 Å². The molecule has 1 N–H and O–H groups in total. The maximum Gasteiger partial charge on any atom is 0.262 e. The molecule has 0 amide bonds. The smallest absolute Gasteiger partial charge is 0.262 e. The lowest BCUT2D eigenvalue weighted by molar-refractivity contribution is 0.456. The van der Waals surface area contributed by atoms with Crippen molar-refractivity contribution in [3.05, 3.63) is 59.2 Å². The van der Waals surface area contributed by atoms with Gasteiger partial charge in [-0.25, -0.2) is 0 Å². The van der Waals surface area contributed by atoms with Crippen molar-refractivity contribution in [1.82, 2.24) is 0 Å². The zero-order valence-electron chi connectivity index (χ0n) is 18.3. The predicted molar refractivity (Wildman–Crippen MR) is 118 cm³/mol. The van der Waals surface area contributed by atoms with Gasteiger partial charge in [0.2, 0.25) is 0 Å². The largest absolute Gasteiger partial charge is 0.443 e. The van der Waals surface area contributed by atoms with Gasteiger partial charge in [0.15, 0.2) is 0 Å². The van der Waals surface area contributed by atoms with Crippen molar-refractivity contribution < 1.29 is 9.42 Å². The third-order valence-corrected chi connectivity index (χ3v) is 5.82. The van der Waals surface area contributed by atoms with E-state index in [0.29, 0.717) is 0 Å². The van der Waals surface area contributed by atoms with Crippen LogP contribution in [0.25, 0.3) is 0 Å². The second-order valence-electron chi connectivity index (χ2n) is 10.4. The van der Waals surface area contributed by atoms with Gasteiger partial charge in [0, 0.05) is 16.4 Å².